The van der Waals surface area contributed by atoms with Gasteiger partial charge in [-0.2, -0.15) is 5.26 Å². The number of fused-ring (bicyclic) bond motifs is 1. The molecule has 1 aliphatic rings. The molecular formula is C29H29N3OS. The Labute approximate surface area is 206 Å². The summed E-state index contributed by atoms with van der Waals surface area (Å²) < 4.78 is 0. The predicted molar refractivity (Wildman–Crippen MR) is 139 cm³/mol. The van der Waals surface area contributed by atoms with Crippen molar-refractivity contribution in [2.45, 2.75) is 54.9 Å². The van der Waals surface area contributed by atoms with Gasteiger partial charge in [-0.3, -0.25) is 4.79 Å². The summed E-state index contributed by atoms with van der Waals surface area (Å²) >= 11 is 1.63. The van der Waals surface area contributed by atoms with E-state index in [4.69, 9.17) is 0 Å². The Hall–Kier alpha value is -3.49. The first-order chi connectivity index (χ1) is 16.7. The monoisotopic (exact) mass is 467 g/mol. The first-order valence-corrected chi connectivity index (χ1v) is 12.6. The van der Waals surface area contributed by atoms with Crippen molar-refractivity contribution in [1.82, 2.24) is 5.32 Å². The van der Waals surface area contributed by atoms with Gasteiger partial charge in [-0.05, 0) is 73.1 Å². The average molecular weight is 468 g/mol. The van der Waals surface area contributed by atoms with E-state index in [9.17, 15) is 10.1 Å². The van der Waals surface area contributed by atoms with Crippen LogP contribution in [0.2, 0.25) is 0 Å². The van der Waals surface area contributed by atoms with Crippen LogP contribution in [0.5, 0.6) is 0 Å². The van der Waals surface area contributed by atoms with E-state index in [1.807, 2.05) is 42.5 Å². The quantitative estimate of drug-likeness (QED) is 0.282. The summed E-state index contributed by atoms with van der Waals surface area (Å²) in [6.45, 7) is 2.05. The minimum absolute atomic E-state index is 0.0518. The van der Waals surface area contributed by atoms with Crippen molar-refractivity contribution in [3.63, 3.8) is 0 Å². The van der Waals surface area contributed by atoms with Gasteiger partial charge in [0.2, 0.25) is 0 Å². The van der Waals surface area contributed by atoms with Crippen LogP contribution in [-0.4, -0.2) is 5.91 Å². The molecule has 4 nitrogen and oxygen atoms in total. The van der Waals surface area contributed by atoms with Gasteiger partial charge in [0.1, 0.15) is 11.6 Å². The molecule has 0 aromatic heterocycles. The third kappa shape index (κ3) is 5.89. The van der Waals surface area contributed by atoms with Crippen molar-refractivity contribution in [3.8, 4) is 6.07 Å². The number of aryl methyl sites for hydroxylation is 2. The zero-order valence-electron chi connectivity index (χ0n) is 19.4. The Morgan fingerprint density at radius 2 is 1.76 bits per heavy atom. The van der Waals surface area contributed by atoms with Crippen molar-refractivity contribution in [2.75, 3.05) is 5.32 Å². The number of rotatable bonds is 8. The van der Waals surface area contributed by atoms with Crippen LogP contribution in [0.25, 0.3) is 0 Å². The van der Waals surface area contributed by atoms with E-state index in [0.717, 1.165) is 40.3 Å². The molecule has 1 atom stereocenters. The molecule has 2 N–H and O–H groups in total. The van der Waals surface area contributed by atoms with Crippen molar-refractivity contribution < 1.29 is 4.79 Å². The molecule has 0 saturated carbocycles. The summed E-state index contributed by atoms with van der Waals surface area (Å²) in [5.41, 5.74) is 4.81. The van der Waals surface area contributed by atoms with Crippen LogP contribution in [0.1, 0.15) is 48.9 Å². The molecule has 0 bridgehead atoms. The number of nitrogens with one attached hydrogen (secondary N) is 2. The number of carbonyl (C=O) groups is 1. The molecule has 0 saturated heterocycles. The Kier molecular flexibility index (Phi) is 8.06. The molecule has 0 heterocycles. The van der Waals surface area contributed by atoms with Crippen LogP contribution < -0.4 is 10.6 Å². The van der Waals surface area contributed by atoms with E-state index < -0.39 is 0 Å². The summed E-state index contributed by atoms with van der Waals surface area (Å²) in [6, 6.07) is 26.4. The molecule has 5 heteroatoms. The third-order valence-corrected chi connectivity index (χ3v) is 7.17. The van der Waals surface area contributed by atoms with Gasteiger partial charge in [-0.1, -0.05) is 67.2 Å². The second kappa shape index (κ2) is 11.6. The molecular weight excluding hydrogens is 438 g/mol. The van der Waals surface area contributed by atoms with E-state index in [0.29, 0.717) is 0 Å². The second-order valence-corrected chi connectivity index (χ2v) is 9.51. The van der Waals surface area contributed by atoms with E-state index in [1.54, 1.807) is 11.8 Å². The van der Waals surface area contributed by atoms with Crippen LogP contribution in [0.4, 0.5) is 5.69 Å². The van der Waals surface area contributed by atoms with Gasteiger partial charge >= 0.3 is 0 Å². The summed E-state index contributed by atoms with van der Waals surface area (Å²) in [6.07, 6.45) is 6.96. The Bertz CT molecular complexity index is 1210. The number of amides is 1. The van der Waals surface area contributed by atoms with Crippen LogP contribution in [0.15, 0.2) is 94.4 Å². The standard InChI is InChI=1S/C29H29N3OS/c1-2-26(23-17-16-21-10-6-7-11-22(21)18-23)32-29(33)24(19-30)20-31-27-14-8-9-15-28(27)34-25-12-4-3-5-13-25/h3-5,8-9,12-18,20,26,31H,2,6-7,10-11H2,1H3,(H,32,33)/b24-20-. The van der Waals surface area contributed by atoms with Gasteiger partial charge < -0.3 is 10.6 Å². The van der Waals surface area contributed by atoms with Crippen LogP contribution in [0, 0.1) is 11.3 Å². The van der Waals surface area contributed by atoms with Gasteiger partial charge in [0.15, 0.2) is 0 Å². The van der Waals surface area contributed by atoms with E-state index in [2.05, 4.69) is 54.0 Å². The smallest absolute Gasteiger partial charge is 0.263 e. The predicted octanol–water partition coefficient (Wildman–Crippen LogP) is 6.80. The van der Waals surface area contributed by atoms with Crippen molar-refractivity contribution in [1.29, 1.82) is 5.26 Å². The van der Waals surface area contributed by atoms with Crippen molar-refractivity contribution in [3.05, 3.63) is 101 Å². The molecule has 1 aliphatic carbocycles. The number of nitrogens with zero attached hydrogens (tertiary/aromatic N) is 1. The molecule has 1 amide bonds. The largest absolute Gasteiger partial charge is 0.359 e. The highest BCUT2D eigenvalue weighted by Crippen LogP contribution is 2.33. The third-order valence-electron chi connectivity index (χ3n) is 6.08. The maximum Gasteiger partial charge on any atom is 0.263 e. The summed E-state index contributed by atoms with van der Waals surface area (Å²) in [5.74, 6) is -0.368. The highest BCUT2D eigenvalue weighted by Gasteiger charge is 2.18. The fraction of sp³-hybridized carbons (Fsp3) is 0.241. The highest BCUT2D eigenvalue weighted by atomic mass is 32.2. The lowest BCUT2D eigenvalue weighted by molar-refractivity contribution is -0.117. The molecule has 1 unspecified atom stereocenters. The van der Waals surface area contributed by atoms with Gasteiger partial charge in [0, 0.05) is 16.0 Å². The number of para-hydroxylation sites is 1. The van der Waals surface area contributed by atoms with E-state index in [1.165, 1.54) is 30.2 Å². The normalized spacial score (nSPS) is 13.9. The molecule has 172 valence electrons. The van der Waals surface area contributed by atoms with Crippen molar-refractivity contribution in [2.24, 2.45) is 0 Å². The highest BCUT2D eigenvalue weighted by molar-refractivity contribution is 7.99. The summed E-state index contributed by atoms with van der Waals surface area (Å²) in [4.78, 5) is 15.1. The average Bonchev–Trinajstić information content (AvgIpc) is 2.89. The maximum absolute atomic E-state index is 13.0. The Balaban J connectivity index is 1.46. The fourth-order valence-corrected chi connectivity index (χ4v) is 5.15. The number of hydrogen-bond acceptors (Lipinski definition) is 4. The van der Waals surface area contributed by atoms with Crippen LogP contribution >= 0.6 is 11.8 Å². The summed E-state index contributed by atoms with van der Waals surface area (Å²) in [5, 5.41) is 15.9. The minimum atomic E-state index is -0.368. The van der Waals surface area contributed by atoms with E-state index >= 15 is 0 Å². The lowest BCUT2D eigenvalue weighted by Gasteiger charge is -2.21. The number of benzene rings is 3. The second-order valence-electron chi connectivity index (χ2n) is 8.39. The number of hydrogen-bond donors (Lipinski definition) is 2. The molecule has 0 radical (unpaired) electrons. The fourth-order valence-electron chi connectivity index (χ4n) is 4.22. The number of carbonyl (C=O) groups excluding carboxylic acids is 1. The molecule has 34 heavy (non-hydrogen) atoms. The van der Waals surface area contributed by atoms with Gasteiger partial charge in [-0.15, -0.1) is 0 Å². The Morgan fingerprint density at radius 1 is 1.03 bits per heavy atom. The van der Waals surface area contributed by atoms with Crippen molar-refractivity contribution >= 4 is 23.4 Å². The van der Waals surface area contributed by atoms with Crippen LogP contribution in [0.3, 0.4) is 0 Å². The first-order valence-electron chi connectivity index (χ1n) is 11.8. The van der Waals surface area contributed by atoms with Crippen LogP contribution in [-0.2, 0) is 17.6 Å². The number of anilines is 1. The SMILES string of the molecule is CCC(NC(=O)/C(C#N)=C\Nc1ccccc1Sc1ccccc1)c1ccc2c(c1)CCCC2. The summed E-state index contributed by atoms with van der Waals surface area (Å²) in [7, 11) is 0. The zero-order valence-corrected chi connectivity index (χ0v) is 20.2. The van der Waals surface area contributed by atoms with Gasteiger partial charge in [0.05, 0.1) is 11.7 Å². The minimum Gasteiger partial charge on any atom is -0.359 e. The van der Waals surface area contributed by atoms with Gasteiger partial charge in [-0.25, -0.2) is 0 Å². The maximum atomic E-state index is 13.0. The first kappa shape index (κ1) is 23.7. The molecule has 0 spiro atoms. The molecule has 0 aliphatic heterocycles. The number of nitriles is 1. The lowest BCUT2D eigenvalue weighted by atomic mass is 9.88. The van der Waals surface area contributed by atoms with Gasteiger partial charge in [0.25, 0.3) is 5.91 Å². The Morgan fingerprint density at radius 3 is 2.53 bits per heavy atom. The molecule has 4 rings (SSSR count). The zero-order chi connectivity index (χ0) is 23.8. The topological polar surface area (TPSA) is 64.9 Å². The lowest BCUT2D eigenvalue weighted by Crippen LogP contribution is -2.29. The molecule has 3 aromatic carbocycles. The van der Waals surface area contributed by atoms with E-state index in [-0.39, 0.29) is 17.5 Å². The molecule has 0 fully saturated rings. The molecule has 3 aromatic rings.